The first-order valence-electron chi connectivity index (χ1n) is 11.7. The second-order valence-electron chi connectivity index (χ2n) is 8.32. The Balaban J connectivity index is 1.54. The molecule has 1 N–H and O–H groups in total. The van der Waals surface area contributed by atoms with Crippen molar-refractivity contribution >= 4 is 27.5 Å². The van der Waals surface area contributed by atoms with Gasteiger partial charge < -0.3 is 14.2 Å². The van der Waals surface area contributed by atoms with E-state index in [1.807, 2.05) is 97.1 Å². The summed E-state index contributed by atoms with van der Waals surface area (Å²) in [7, 11) is 1.65. The molecule has 0 spiro atoms. The Morgan fingerprint density at radius 3 is 1.97 bits per heavy atom. The highest BCUT2D eigenvalue weighted by Crippen LogP contribution is 2.44. The average molecular weight is 576 g/mol. The number of nitrogens with zero attached hydrogens (tertiary/aromatic N) is 1. The minimum absolute atomic E-state index is 0.386. The Bertz CT molecular complexity index is 1470. The standard InChI is InChI=1S/C30H24BrClN2O3/c1-35-23-14-12-22(13-15-23)28-29(33-34-30(28)31)24-16-25(32)27(37-19-21-10-6-3-7-11-21)17-26(24)36-18-20-8-4-2-5-9-20/h2-17H,18-19H2,1H3,(H,33,34). The number of benzene rings is 4. The molecule has 7 heteroatoms. The molecular weight excluding hydrogens is 552 g/mol. The third kappa shape index (κ3) is 5.82. The number of ether oxygens (including phenoxy) is 3. The minimum Gasteiger partial charge on any atom is -0.497 e. The van der Waals surface area contributed by atoms with E-state index in [0.29, 0.717) is 35.4 Å². The van der Waals surface area contributed by atoms with Gasteiger partial charge in [0.1, 0.15) is 40.8 Å². The van der Waals surface area contributed by atoms with Gasteiger partial charge in [-0.1, -0.05) is 84.4 Å². The van der Waals surface area contributed by atoms with Gasteiger partial charge in [-0.05, 0) is 50.8 Å². The molecule has 1 aromatic heterocycles. The molecule has 0 aliphatic carbocycles. The first kappa shape index (κ1) is 24.9. The maximum Gasteiger partial charge on any atom is 0.142 e. The molecule has 0 saturated heterocycles. The van der Waals surface area contributed by atoms with Crippen LogP contribution < -0.4 is 14.2 Å². The lowest BCUT2D eigenvalue weighted by Gasteiger charge is -2.16. The zero-order valence-electron chi connectivity index (χ0n) is 20.1. The largest absolute Gasteiger partial charge is 0.497 e. The van der Waals surface area contributed by atoms with Crippen LogP contribution in [0.15, 0.2) is 102 Å². The van der Waals surface area contributed by atoms with Crippen LogP contribution in [0, 0.1) is 0 Å². The van der Waals surface area contributed by atoms with Crippen molar-refractivity contribution in [3.05, 3.63) is 118 Å². The molecular formula is C30H24BrClN2O3. The normalized spacial score (nSPS) is 10.8. The fraction of sp³-hybridized carbons (Fsp3) is 0.100. The Kier molecular flexibility index (Phi) is 7.78. The molecule has 37 heavy (non-hydrogen) atoms. The maximum atomic E-state index is 6.73. The van der Waals surface area contributed by atoms with E-state index >= 15 is 0 Å². The van der Waals surface area contributed by atoms with Crippen LogP contribution in [0.25, 0.3) is 22.4 Å². The molecule has 5 aromatic rings. The van der Waals surface area contributed by atoms with Gasteiger partial charge in [0.2, 0.25) is 0 Å². The number of rotatable bonds is 9. The predicted molar refractivity (Wildman–Crippen MR) is 150 cm³/mol. The Morgan fingerprint density at radius 1 is 0.784 bits per heavy atom. The number of halogens is 2. The summed E-state index contributed by atoms with van der Waals surface area (Å²) < 4.78 is 18.5. The molecule has 4 aromatic carbocycles. The zero-order valence-corrected chi connectivity index (χ0v) is 22.4. The summed E-state index contributed by atoms with van der Waals surface area (Å²) >= 11 is 10.4. The van der Waals surface area contributed by atoms with Gasteiger partial charge in [0.25, 0.3) is 0 Å². The molecule has 0 fully saturated rings. The first-order valence-corrected chi connectivity index (χ1v) is 12.8. The third-order valence-electron chi connectivity index (χ3n) is 5.86. The van der Waals surface area contributed by atoms with E-state index in [9.17, 15) is 0 Å². The van der Waals surface area contributed by atoms with Crippen molar-refractivity contribution < 1.29 is 14.2 Å². The summed E-state index contributed by atoms with van der Waals surface area (Å²) in [6, 6.07) is 31.5. The summed E-state index contributed by atoms with van der Waals surface area (Å²) in [6.45, 7) is 0.778. The second kappa shape index (κ2) is 11.5. The third-order valence-corrected chi connectivity index (χ3v) is 6.73. The molecule has 0 atom stereocenters. The van der Waals surface area contributed by atoms with Gasteiger partial charge in [-0.15, -0.1) is 0 Å². The van der Waals surface area contributed by atoms with Gasteiger partial charge in [0.15, 0.2) is 0 Å². The average Bonchev–Trinajstić information content (AvgIpc) is 3.33. The zero-order chi connectivity index (χ0) is 25.6. The second-order valence-corrected chi connectivity index (χ2v) is 9.52. The van der Waals surface area contributed by atoms with E-state index in [4.69, 9.17) is 25.8 Å². The lowest BCUT2D eigenvalue weighted by molar-refractivity contribution is 0.291. The van der Waals surface area contributed by atoms with Crippen LogP contribution in [0.1, 0.15) is 11.1 Å². The highest BCUT2D eigenvalue weighted by Gasteiger charge is 2.21. The molecule has 0 saturated carbocycles. The van der Waals surface area contributed by atoms with Crippen molar-refractivity contribution in [1.82, 2.24) is 10.2 Å². The quantitative estimate of drug-likeness (QED) is 0.192. The van der Waals surface area contributed by atoms with Gasteiger partial charge in [0, 0.05) is 17.2 Å². The van der Waals surface area contributed by atoms with Crippen LogP contribution >= 0.6 is 27.5 Å². The summed E-state index contributed by atoms with van der Waals surface area (Å²) in [6.07, 6.45) is 0. The van der Waals surface area contributed by atoms with Gasteiger partial charge in [-0.3, -0.25) is 5.10 Å². The number of H-pyrrole nitrogens is 1. The fourth-order valence-electron chi connectivity index (χ4n) is 3.96. The molecule has 1 heterocycles. The smallest absolute Gasteiger partial charge is 0.142 e. The van der Waals surface area contributed by atoms with E-state index < -0.39 is 0 Å². The molecule has 0 radical (unpaired) electrons. The van der Waals surface area contributed by atoms with Crippen LogP contribution in [-0.4, -0.2) is 17.3 Å². The molecule has 5 nitrogen and oxygen atoms in total. The maximum absolute atomic E-state index is 6.73. The van der Waals surface area contributed by atoms with Crippen molar-refractivity contribution in [2.75, 3.05) is 7.11 Å². The Hall–Kier alpha value is -3.74. The molecule has 0 aliphatic heterocycles. The van der Waals surface area contributed by atoms with Crippen molar-refractivity contribution in [2.24, 2.45) is 0 Å². The number of hydrogen-bond acceptors (Lipinski definition) is 4. The lowest BCUT2D eigenvalue weighted by atomic mass is 10.0. The summed E-state index contributed by atoms with van der Waals surface area (Å²) in [4.78, 5) is 0. The van der Waals surface area contributed by atoms with Crippen LogP contribution in [-0.2, 0) is 13.2 Å². The fourth-order valence-corrected chi connectivity index (χ4v) is 4.68. The van der Waals surface area contributed by atoms with Crippen molar-refractivity contribution in [2.45, 2.75) is 13.2 Å². The van der Waals surface area contributed by atoms with E-state index in [2.05, 4.69) is 26.1 Å². The number of hydrogen-bond donors (Lipinski definition) is 1. The molecule has 0 bridgehead atoms. The highest BCUT2D eigenvalue weighted by atomic mass is 79.9. The molecule has 0 unspecified atom stereocenters. The van der Waals surface area contributed by atoms with Crippen molar-refractivity contribution in [1.29, 1.82) is 0 Å². The highest BCUT2D eigenvalue weighted by molar-refractivity contribution is 9.10. The van der Waals surface area contributed by atoms with Gasteiger partial charge in [-0.25, -0.2) is 0 Å². The SMILES string of the molecule is COc1ccc(-c2c(-c3cc(Cl)c(OCc4ccccc4)cc3OCc3ccccc3)n[nH]c2Br)cc1. The van der Waals surface area contributed by atoms with E-state index in [-0.39, 0.29) is 0 Å². The predicted octanol–water partition coefficient (Wildman–Crippen LogP) is 8.33. The van der Waals surface area contributed by atoms with Crippen LogP contribution in [0.5, 0.6) is 17.2 Å². The number of aromatic nitrogens is 2. The topological polar surface area (TPSA) is 56.4 Å². The monoisotopic (exact) mass is 574 g/mol. The van der Waals surface area contributed by atoms with E-state index in [1.54, 1.807) is 7.11 Å². The Labute approximate surface area is 229 Å². The minimum atomic E-state index is 0.386. The number of methoxy groups -OCH3 is 1. The van der Waals surface area contributed by atoms with Crippen LogP contribution in [0.2, 0.25) is 5.02 Å². The number of aromatic amines is 1. The van der Waals surface area contributed by atoms with E-state index in [0.717, 1.165) is 38.2 Å². The van der Waals surface area contributed by atoms with Crippen molar-refractivity contribution in [3.63, 3.8) is 0 Å². The summed E-state index contributed by atoms with van der Waals surface area (Å²) in [5.74, 6) is 1.93. The molecule has 0 aliphatic rings. The molecule has 0 amide bonds. The van der Waals surface area contributed by atoms with Gasteiger partial charge in [-0.2, -0.15) is 5.10 Å². The van der Waals surface area contributed by atoms with Crippen LogP contribution in [0.4, 0.5) is 0 Å². The first-order chi connectivity index (χ1) is 18.1. The van der Waals surface area contributed by atoms with Gasteiger partial charge in [0.05, 0.1) is 12.1 Å². The van der Waals surface area contributed by atoms with Gasteiger partial charge >= 0.3 is 0 Å². The van der Waals surface area contributed by atoms with Crippen LogP contribution in [0.3, 0.4) is 0 Å². The number of nitrogens with one attached hydrogen (secondary N) is 1. The summed E-state index contributed by atoms with van der Waals surface area (Å²) in [5.41, 5.74) is 5.41. The lowest BCUT2D eigenvalue weighted by Crippen LogP contribution is -2.00. The summed E-state index contributed by atoms with van der Waals surface area (Å²) in [5, 5.41) is 8.12. The Morgan fingerprint density at radius 2 is 1.38 bits per heavy atom. The molecule has 5 rings (SSSR count). The van der Waals surface area contributed by atoms with Crippen molar-refractivity contribution in [3.8, 4) is 39.6 Å². The molecule has 186 valence electrons. The van der Waals surface area contributed by atoms with E-state index in [1.165, 1.54) is 0 Å².